The lowest BCUT2D eigenvalue weighted by atomic mass is 10.2. The second kappa shape index (κ2) is 7.26. The van der Waals surface area contributed by atoms with Crippen molar-refractivity contribution in [2.45, 2.75) is 4.90 Å². The Morgan fingerprint density at radius 1 is 1.18 bits per heavy atom. The molecule has 11 heteroatoms. The fourth-order valence-corrected chi connectivity index (χ4v) is 4.43. The minimum absolute atomic E-state index is 0.0371. The summed E-state index contributed by atoms with van der Waals surface area (Å²) in [5.74, 6) is -0.537. The molecule has 0 saturated heterocycles. The number of aryl methyl sites for hydroxylation is 1. The zero-order chi connectivity index (χ0) is 20.6. The quantitative estimate of drug-likeness (QED) is 0.474. The van der Waals surface area contributed by atoms with Crippen LogP contribution >= 0.6 is 11.3 Å². The van der Waals surface area contributed by atoms with Crippen LogP contribution in [0.5, 0.6) is 0 Å². The first-order valence-corrected chi connectivity index (χ1v) is 10.2. The first-order valence-electron chi connectivity index (χ1n) is 7.97. The van der Waals surface area contributed by atoms with Gasteiger partial charge in [0.1, 0.15) is 0 Å². The first kappa shape index (κ1) is 19.9. The monoisotopic (exact) mass is 420 g/mol. The van der Waals surface area contributed by atoms with E-state index in [4.69, 9.17) is 0 Å². The molecule has 28 heavy (non-hydrogen) atoms. The zero-order valence-electron chi connectivity index (χ0n) is 15.2. The molecule has 0 bridgehead atoms. The molecule has 0 atom stereocenters. The molecule has 1 aromatic heterocycles. The van der Waals surface area contributed by atoms with Gasteiger partial charge in [0.05, 0.1) is 20.0 Å². The smallest absolute Gasteiger partial charge is 0.279 e. The highest BCUT2D eigenvalue weighted by Crippen LogP contribution is 2.22. The Balaban J connectivity index is 1.98. The van der Waals surface area contributed by atoms with Gasteiger partial charge in [-0.15, -0.1) is 0 Å². The summed E-state index contributed by atoms with van der Waals surface area (Å²) >= 11 is 1.16. The molecule has 1 amide bonds. The van der Waals surface area contributed by atoms with Crippen LogP contribution < -0.4 is 4.80 Å². The minimum Gasteiger partial charge on any atom is -0.319 e. The van der Waals surface area contributed by atoms with Crippen molar-refractivity contribution in [1.82, 2.24) is 8.87 Å². The summed E-state index contributed by atoms with van der Waals surface area (Å²) < 4.78 is 27.6. The Bertz CT molecular complexity index is 1250. The van der Waals surface area contributed by atoms with Crippen LogP contribution in [0.1, 0.15) is 10.4 Å². The number of benzene rings is 2. The topological polar surface area (TPSA) is 115 Å². The third-order valence-electron chi connectivity index (χ3n) is 4.08. The molecule has 0 saturated carbocycles. The molecule has 0 spiro atoms. The van der Waals surface area contributed by atoms with Crippen molar-refractivity contribution >= 4 is 43.2 Å². The lowest BCUT2D eigenvalue weighted by Gasteiger charge is -2.11. The molecule has 0 aliphatic heterocycles. The van der Waals surface area contributed by atoms with Crippen molar-refractivity contribution in [2.75, 3.05) is 14.1 Å². The minimum atomic E-state index is -3.58. The number of thiazole rings is 1. The fraction of sp³-hybridized carbons (Fsp3) is 0.176. The predicted molar refractivity (Wildman–Crippen MR) is 105 cm³/mol. The molecule has 1 heterocycles. The summed E-state index contributed by atoms with van der Waals surface area (Å²) in [5.41, 5.74) is 0.917. The summed E-state index contributed by atoms with van der Waals surface area (Å²) in [7, 11) is 0.985. The number of fused-ring (bicyclic) bond motifs is 1. The van der Waals surface area contributed by atoms with E-state index in [-0.39, 0.29) is 16.1 Å². The third-order valence-corrected chi connectivity index (χ3v) is 7.00. The van der Waals surface area contributed by atoms with Gasteiger partial charge in [-0.2, -0.15) is 4.99 Å². The van der Waals surface area contributed by atoms with Crippen LogP contribution in [-0.4, -0.2) is 42.2 Å². The molecule has 0 aliphatic carbocycles. The van der Waals surface area contributed by atoms with Crippen LogP contribution in [0.15, 0.2) is 52.4 Å². The molecule has 146 valence electrons. The summed E-state index contributed by atoms with van der Waals surface area (Å²) in [5, 5.41) is 10.9. The van der Waals surface area contributed by atoms with Crippen molar-refractivity contribution in [2.24, 2.45) is 12.0 Å². The van der Waals surface area contributed by atoms with E-state index >= 15 is 0 Å². The molecular formula is C17H16N4O5S2. The average molecular weight is 420 g/mol. The zero-order valence-corrected chi connectivity index (χ0v) is 16.8. The van der Waals surface area contributed by atoms with Crippen LogP contribution in [0.4, 0.5) is 5.69 Å². The molecule has 0 radical (unpaired) electrons. The van der Waals surface area contributed by atoms with E-state index in [1.807, 2.05) is 0 Å². The molecule has 0 N–H and O–H groups in total. The number of carbonyl (C=O) groups excluding carboxylic acids is 1. The molecule has 9 nitrogen and oxygen atoms in total. The highest BCUT2D eigenvalue weighted by atomic mass is 32.2. The van der Waals surface area contributed by atoms with Crippen molar-refractivity contribution in [3.63, 3.8) is 0 Å². The van der Waals surface area contributed by atoms with Gasteiger partial charge < -0.3 is 4.57 Å². The predicted octanol–water partition coefficient (Wildman–Crippen LogP) is 2.14. The second-order valence-electron chi connectivity index (χ2n) is 6.08. The summed E-state index contributed by atoms with van der Waals surface area (Å²) in [6.45, 7) is 0. The number of sulfonamides is 1. The summed E-state index contributed by atoms with van der Waals surface area (Å²) in [4.78, 5) is 27.4. The summed E-state index contributed by atoms with van der Waals surface area (Å²) in [6, 6.07) is 9.95. The Morgan fingerprint density at radius 3 is 2.39 bits per heavy atom. The Morgan fingerprint density at radius 2 is 1.82 bits per heavy atom. The van der Waals surface area contributed by atoms with Gasteiger partial charge >= 0.3 is 0 Å². The lowest BCUT2D eigenvalue weighted by molar-refractivity contribution is -0.384. The van der Waals surface area contributed by atoms with Gasteiger partial charge in [-0.05, 0) is 30.3 Å². The van der Waals surface area contributed by atoms with E-state index in [1.54, 1.807) is 17.7 Å². The van der Waals surface area contributed by atoms with Crippen LogP contribution in [-0.2, 0) is 17.1 Å². The molecule has 0 fully saturated rings. The van der Waals surface area contributed by atoms with Gasteiger partial charge in [0, 0.05) is 38.8 Å². The number of hydrogen-bond acceptors (Lipinski definition) is 6. The second-order valence-corrected chi connectivity index (χ2v) is 9.24. The maximum absolute atomic E-state index is 12.5. The average Bonchev–Trinajstić information content (AvgIpc) is 2.96. The number of aromatic nitrogens is 1. The maximum Gasteiger partial charge on any atom is 0.279 e. The standard InChI is InChI=1S/C17H16N4O5S2/c1-19(2)28(25,26)13-7-4-11(5-8-13)16(22)18-17-20(3)14-9-6-12(21(23)24)10-15(14)27-17/h4-10H,1-3H3. The molecule has 3 aromatic rings. The molecule has 2 aromatic carbocycles. The summed E-state index contributed by atoms with van der Waals surface area (Å²) in [6.07, 6.45) is 0. The fourth-order valence-electron chi connectivity index (χ4n) is 2.47. The largest absolute Gasteiger partial charge is 0.319 e. The first-order chi connectivity index (χ1) is 13.1. The number of rotatable bonds is 4. The van der Waals surface area contributed by atoms with E-state index in [2.05, 4.69) is 4.99 Å². The van der Waals surface area contributed by atoms with E-state index < -0.39 is 20.9 Å². The highest BCUT2D eigenvalue weighted by molar-refractivity contribution is 7.89. The lowest BCUT2D eigenvalue weighted by Crippen LogP contribution is -2.22. The number of non-ortho nitro benzene ring substituents is 1. The van der Waals surface area contributed by atoms with E-state index in [0.29, 0.717) is 9.50 Å². The highest BCUT2D eigenvalue weighted by Gasteiger charge is 2.17. The Kier molecular flexibility index (Phi) is 5.15. The number of carbonyl (C=O) groups is 1. The molecular weight excluding hydrogens is 404 g/mol. The van der Waals surface area contributed by atoms with Gasteiger partial charge in [0.15, 0.2) is 4.80 Å². The number of hydrogen-bond donors (Lipinski definition) is 0. The van der Waals surface area contributed by atoms with Crippen molar-refractivity contribution in [1.29, 1.82) is 0 Å². The Labute approximate surface area is 164 Å². The van der Waals surface area contributed by atoms with Crippen LogP contribution in [0.3, 0.4) is 0 Å². The van der Waals surface area contributed by atoms with Crippen molar-refractivity contribution in [3.05, 3.63) is 62.9 Å². The van der Waals surface area contributed by atoms with Gasteiger partial charge in [-0.25, -0.2) is 12.7 Å². The molecule has 3 rings (SSSR count). The van der Waals surface area contributed by atoms with Gasteiger partial charge in [0.2, 0.25) is 10.0 Å². The number of nitro groups is 1. The SMILES string of the molecule is CN(C)S(=O)(=O)c1ccc(C(=O)N=c2sc3cc([N+](=O)[O-])ccc3n2C)cc1. The van der Waals surface area contributed by atoms with Crippen molar-refractivity contribution in [3.8, 4) is 0 Å². The number of amides is 1. The third kappa shape index (κ3) is 3.59. The normalized spacial score (nSPS) is 12.6. The maximum atomic E-state index is 12.5. The van der Waals surface area contributed by atoms with Crippen LogP contribution in [0.25, 0.3) is 10.2 Å². The van der Waals surface area contributed by atoms with Gasteiger partial charge in [-0.1, -0.05) is 11.3 Å². The van der Waals surface area contributed by atoms with Gasteiger partial charge in [-0.3, -0.25) is 14.9 Å². The molecule has 0 aliphatic rings. The van der Waals surface area contributed by atoms with Crippen LogP contribution in [0, 0.1) is 10.1 Å². The van der Waals surface area contributed by atoms with Crippen molar-refractivity contribution < 1.29 is 18.1 Å². The van der Waals surface area contributed by atoms with Crippen LogP contribution in [0.2, 0.25) is 0 Å². The Hall–Kier alpha value is -2.89. The molecule has 0 unspecified atom stereocenters. The number of nitro benzene ring substituents is 1. The number of nitrogens with zero attached hydrogens (tertiary/aromatic N) is 4. The van der Waals surface area contributed by atoms with Gasteiger partial charge in [0.25, 0.3) is 11.6 Å². The van der Waals surface area contributed by atoms with E-state index in [0.717, 1.165) is 21.2 Å². The van der Waals surface area contributed by atoms with E-state index in [9.17, 15) is 23.3 Å². The van der Waals surface area contributed by atoms with E-state index in [1.165, 1.54) is 50.5 Å².